The molecule has 2 atom stereocenters. The van der Waals surface area contributed by atoms with E-state index in [1.807, 2.05) is 12.1 Å². The Morgan fingerprint density at radius 3 is 2.79 bits per heavy atom. The lowest BCUT2D eigenvalue weighted by atomic mass is 10.0. The van der Waals surface area contributed by atoms with Gasteiger partial charge in [-0.25, -0.2) is 15.0 Å². The number of ether oxygens (including phenoxy) is 1. The predicted molar refractivity (Wildman–Crippen MR) is 141 cm³/mol. The van der Waals surface area contributed by atoms with Crippen molar-refractivity contribution in [2.45, 2.75) is 44.6 Å². The van der Waals surface area contributed by atoms with E-state index in [1.165, 1.54) is 24.1 Å². The number of carbonyl (C=O) groups excluding carboxylic acids is 2. The van der Waals surface area contributed by atoms with E-state index in [4.69, 9.17) is 16.3 Å². The van der Waals surface area contributed by atoms with Gasteiger partial charge in [-0.05, 0) is 36.6 Å². The second-order valence-corrected chi connectivity index (χ2v) is 9.78. The lowest BCUT2D eigenvalue weighted by Gasteiger charge is -2.30. The molecule has 3 N–H and O–H groups in total. The van der Waals surface area contributed by atoms with Crippen molar-refractivity contribution < 1.29 is 19.4 Å². The molecule has 1 fully saturated rings. The number of fused-ring (bicyclic) bond motifs is 1. The zero-order chi connectivity index (χ0) is 27.5. The van der Waals surface area contributed by atoms with Crippen LogP contribution in [0.25, 0.3) is 11.3 Å². The summed E-state index contributed by atoms with van der Waals surface area (Å²) in [5, 5.41) is 26.8. The number of hydrogen-bond acceptors (Lipinski definition) is 9. The van der Waals surface area contributed by atoms with E-state index in [-0.39, 0.29) is 24.0 Å². The van der Waals surface area contributed by atoms with Crippen LogP contribution in [-0.2, 0) is 16.1 Å². The van der Waals surface area contributed by atoms with Crippen molar-refractivity contribution in [1.82, 2.24) is 25.2 Å². The Labute approximate surface area is 229 Å². The largest absolute Gasteiger partial charge is 0.381 e. The molecular formula is C27H26ClN7O4. The van der Waals surface area contributed by atoms with E-state index in [0.29, 0.717) is 46.6 Å². The molecule has 39 heavy (non-hydrogen) atoms. The molecule has 2 amide bonds. The molecule has 1 unspecified atom stereocenters. The Morgan fingerprint density at radius 2 is 2.05 bits per heavy atom. The highest BCUT2D eigenvalue weighted by Crippen LogP contribution is 2.33. The minimum Gasteiger partial charge on any atom is -0.381 e. The number of nitrogens with one attached hydrogen (secondary N) is 2. The molecule has 0 aliphatic carbocycles. The SMILES string of the molecule is CC(=O)N[C@@H](c1cccc(C#N)n1)C(O)N1Cc2ccc(-c3nc(NC4CCOCC4)ncc3Cl)cc2C1=O. The van der Waals surface area contributed by atoms with E-state index in [2.05, 4.69) is 25.6 Å². The molecule has 1 aromatic carbocycles. The number of nitrogens with zero attached hydrogens (tertiary/aromatic N) is 5. The summed E-state index contributed by atoms with van der Waals surface area (Å²) in [4.78, 5) is 39.8. The highest BCUT2D eigenvalue weighted by molar-refractivity contribution is 6.33. The normalized spacial score (nSPS) is 16.8. The van der Waals surface area contributed by atoms with Gasteiger partial charge in [-0.3, -0.25) is 9.59 Å². The summed E-state index contributed by atoms with van der Waals surface area (Å²) in [6.45, 7) is 2.78. The van der Waals surface area contributed by atoms with Crippen LogP contribution in [0.1, 0.15) is 53.1 Å². The fraction of sp³-hybridized carbons (Fsp3) is 0.333. The summed E-state index contributed by atoms with van der Waals surface area (Å²) >= 11 is 6.44. The summed E-state index contributed by atoms with van der Waals surface area (Å²) in [6.07, 6.45) is 1.79. The zero-order valence-electron chi connectivity index (χ0n) is 21.1. The number of nitriles is 1. The monoisotopic (exact) mass is 547 g/mol. The first-order valence-corrected chi connectivity index (χ1v) is 12.8. The van der Waals surface area contributed by atoms with Crippen LogP contribution < -0.4 is 10.6 Å². The minimum atomic E-state index is -1.43. The molecule has 2 aliphatic heterocycles. The van der Waals surface area contributed by atoms with Crippen molar-refractivity contribution in [2.24, 2.45) is 0 Å². The van der Waals surface area contributed by atoms with E-state index < -0.39 is 24.1 Å². The molecule has 3 aromatic rings. The van der Waals surface area contributed by atoms with Gasteiger partial charge in [0, 0.05) is 43.9 Å². The van der Waals surface area contributed by atoms with E-state index in [1.54, 1.807) is 24.3 Å². The van der Waals surface area contributed by atoms with Crippen LogP contribution in [-0.4, -0.2) is 62.3 Å². The summed E-state index contributed by atoms with van der Waals surface area (Å²) in [5.41, 5.74) is 2.59. The van der Waals surface area contributed by atoms with Gasteiger partial charge < -0.3 is 25.4 Å². The molecule has 200 valence electrons. The quantitative estimate of drug-likeness (QED) is 0.405. The zero-order valence-corrected chi connectivity index (χ0v) is 21.9. The smallest absolute Gasteiger partial charge is 0.256 e. The molecule has 2 aromatic heterocycles. The third-order valence-electron chi connectivity index (χ3n) is 6.69. The van der Waals surface area contributed by atoms with Crippen LogP contribution >= 0.6 is 11.6 Å². The summed E-state index contributed by atoms with van der Waals surface area (Å²) in [7, 11) is 0. The summed E-state index contributed by atoms with van der Waals surface area (Å²) < 4.78 is 5.40. The van der Waals surface area contributed by atoms with Gasteiger partial charge in [0.05, 0.1) is 22.6 Å². The number of aromatic nitrogens is 3. The number of rotatable bonds is 7. The van der Waals surface area contributed by atoms with Crippen molar-refractivity contribution in [3.05, 3.63) is 70.1 Å². The van der Waals surface area contributed by atoms with Crippen LogP contribution in [0, 0.1) is 11.3 Å². The number of carbonyl (C=O) groups is 2. The van der Waals surface area contributed by atoms with Crippen LogP contribution in [0.5, 0.6) is 0 Å². The molecule has 0 spiro atoms. The van der Waals surface area contributed by atoms with Crippen LogP contribution in [0.2, 0.25) is 5.02 Å². The van der Waals surface area contributed by atoms with Crippen molar-refractivity contribution in [1.29, 1.82) is 5.26 Å². The first kappa shape index (κ1) is 26.5. The lowest BCUT2D eigenvalue weighted by Crippen LogP contribution is -2.46. The standard InChI is InChI=1S/C27H26ClN7O4/c1-15(36)31-24(22-4-2-3-19(12-29)32-22)26(38)35-14-17-6-5-16(11-20(17)25(35)37)23-21(28)13-30-27(34-23)33-18-7-9-39-10-8-18/h2-6,11,13,18,24,26,38H,7-10,14H2,1H3,(H,31,36)(H,30,33,34)/t24-,26?/m0/s1. The van der Waals surface area contributed by atoms with E-state index in [0.717, 1.165) is 12.8 Å². The lowest BCUT2D eigenvalue weighted by molar-refractivity contribution is -0.122. The molecule has 12 heteroatoms. The minimum absolute atomic E-state index is 0.123. The fourth-order valence-electron chi connectivity index (χ4n) is 4.74. The number of aliphatic hydroxyl groups excluding tert-OH is 1. The van der Waals surface area contributed by atoms with Gasteiger partial charge in [0.1, 0.15) is 17.8 Å². The first-order chi connectivity index (χ1) is 18.8. The maximum absolute atomic E-state index is 13.5. The number of hydrogen-bond donors (Lipinski definition) is 3. The number of aliphatic hydroxyl groups is 1. The Balaban J connectivity index is 1.40. The van der Waals surface area contributed by atoms with Crippen molar-refractivity contribution in [3.8, 4) is 17.3 Å². The Hall–Kier alpha value is -4.11. The van der Waals surface area contributed by atoms with Crippen LogP contribution in [0.4, 0.5) is 5.95 Å². The van der Waals surface area contributed by atoms with Gasteiger partial charge in [-0.1, -0.05) is 29.8 Å². The van der Waals surface area contributed by atoms with E-state index in [9.17, 15) is 20.0 Å². The highest BCUT2D eigenvalue weighted by atomic mass is 35.5. The van der Waals surface area contributed by atoms with Crippen LogP contribution in [0.3, 0.4) is 0 Å². The highest BCUT2D eigenvalue weighted by Gasteiger charge is 2.37. The van der Waals surface area contributed by atoms with Crippen molar-refractivity contribution >= 4 is 29.4 Å². The molecule has 0 saturated carbocycles. The third-order valence-corrected chi connectivity index (χ3v) is 6.97. The van der Waals surface area contributed by atoms with Gasteiger partial charge in [-0.2, -0.15) is 5.26 Å². The molecule has 0 radical (unpaired) electrons. The maximum atomic E-state index is 13.5. The summed E-state index contributed by atoms with van der Waals surface area (Å²) in [5.74, 6) is -0.398. The Bertz CT molecular complexity index is 1450. The number of amides is 2. The van der Waals surface area contributed by atoms with Crippen molar-refractivity contribution in [3.63, 3.8) is 0 Å². The average Bonchev–Trinajstić information content (AvgIpc) is 3.28. The number of benzene rings is 1. The van der Waals surface area contributed by atoms with Crippen LogP contribution in [0.15, 0.2) is 42.6 Å². The molecule has 11 nitrogen and oxygen atoms in total. The van der Waals surface area contributed by atoms with Crippen molar-refractivity contribution in [2.75, 3.05) is 18.5 Å². The maximum Gasteiger partial charge on any atom is 0.256 e. The van der Waals surface area contributed by atoms with Gasteiger partial charge in [0.25, 0.3) is 5.91 Å². The van der Waals surface area contributed by atoms with Gasteiger partial charge in [-0.15, -0.1) is 0 Å². The topological polar surface area (TPSA) is 153 Å². The number of halogens is 1. The predicted octanol–water partition coefficient (Wildman–Crippen LogP) is 2.81. The second kappa shape index (κ2) is 11.3. The number of anilines is 1. The van der Waals surface area contributed by atoms with Gasteiger partial charge >= 0.3 is 0 Å². The molecular weight excluding hydrogens is 522 g/mol. The van der Waals surface area contributed by atoms with Gasteiger partial charge in [0.2, 0.25) is 11.9 Å². The third kappa shape index (κ3) is 5.68. The Morgan fingerprint density at radius 1 is 1.26 bits per heavy atom. The molecule has 2 aliphatic rings. The molecule has 1 saturated heterocycles. The fourth-order valence-corrected chi connectivity index (χ4v) is 4.94. The van der Waals surface area contributed by atoms with E-state index >= 15 is 0 Å². The average molecular weight is 548 g/mol. The van der Waals surface area contributed by atoms with Gasteiger partial charge in [0.15, 0.2) is 6.23 Å². The first-order valence-electron chi connectivity index (χ1n) is 12.5. The molecule has 4 heterocycles. The number of pyridine rings is 1. The molecule has 0 bridgehead atoms. The summed E-state index contributed by atoms with van der Waals surface area (Å²) in [6, 6.07) is 11.1. The molecule has 5 rings (SSSR count). The second-order valence-electron chi connectivity index (χ2n) is 9.38. The Kier molecular flexibility index (Phi) is 7.70.